The zero-order chi connectivity index (χ0) is 21.4. The Morgan fingerprint density at radius 1 is 0.645 bits per heavy atom. The molecule has 0 saturated heterocycles. The number of fused-ring (bicyclic) bond motifs is 1. The number of rotatable bonds is 4. The molecule has 1 unspecified atom stereocenters. The van der Waals surface area contributed by atoms with Crippen molar-refractivity contribution in [2.24, 2.45) is 7.05 Å². The molecule has 152 valence electrons. The average molecular weight is 402 g/mol. The van der Waals surface area contributed by atoms with E-state index in [-0.39, 0.29) is 5.92 Å². The molecule has 0 N–H and O–H groups in total. The first kappa shape index (κ1) is 19.4. The summed E-state index contributed by atoms with van der Waals surface area (Å²) in [6, 6.07) is 37.3. The Kier molecular flexibility index (Phi) is 4.95. The molecule has 31 heavy (non-hydrogen) atoms. The largest absolute Gasteiger partial charge is 0.343 e. The second-order valence-electron chi connectivity index (χ2n) is 8.34. The zero-order valence-corrected chi connectivity index (χ0v) is 18.3. The third kappa shape index (κ3) is 3.27. The Morgan fingerprint density at radius 3 is 2.03 bits per heavy atom. The highest BCUT2D eigenvalue weighted by molar-refractivity contribution is 5.93. The van der Waals surface area contributed by atoms with Crippen LogP contribution in [0.4, 0.5) is 0 Å². The first-order chi connectivity index (χ1) is 15.2. The van der Waals surface area contributed by atoms with Crippen molar-refractivity contribution in [1.29, 1.82) is 0 Å². The monoisotopic (exact) mass is 401 g/mol. The van der Waals surface area contributed by atoms with Gasteiger partial charge in [-0.1, -0.05) is 97.1 Å². The van der Waals surface area contributed by atoms with E-state index in [9.17, 15) is 0 Å². The van der Waals surface area contributed by atoms with Crippen molar-refractivity contribution in [3.05, 3.63) is 131 Å². The molecule has 0 aliphatic carbocycles. The van der Waals surface area contributed by atoms with Gasteiger partial charge in [-0.3, -0.25) is 0 Å². The minimum atomic E-state index is 0.155. The summed E-state index contributed by atoms with van der Waals surface area (Å²) in [7, 11) is 2.19. The molecule has 1 heteroatoms. The number of nitrogens with zero attached hydrogens (tertiary/aromatic N) is 1. The van der Waals surface area contributed by atoms with Gasteiger partial charge in [-0.05, 0) is 53.3 Å². The lowest BCUT2D eigenvalue weighted by molar-refractivity contribution is 0.929. The second kappa shape index (κ2) is 7.92. The van der Waals surface area contributed by atoms with Crippen LogP contribution < -0.4 is 0 Å². The molecule has 1 heterocycles. The summed E-state index contributed by atoms with van der Waals surface area (Å²) in [6.07, 6.45) is 0. The number of benzene rings is 4. The Hall–Kier alpha value is -3.58. The molecule has 0 spiro atoms. The SMILES string of the molecule is Cc1cccc(C(c2ccccc2)c2c(-c3ccccc3)n(C)c3ccccc23)c1C. The summed E-state index contributed by atoms with van der Waals surface area (Å²) in [6.45, 7) is 4.47. The maximum Gasteiger partial charge on any atom is 0.0530 e. The van der Waals surface area contributed by atoms with Gasteiger partial charge >= 0.3 is 0 Å². The molecule has 4 aromatic carbocycles. The van der Waals surface area contributed by atoms with Crippen LogP contribution in [-0.4, -0.2) is 4.57 Å². The molecule has 5 aromatic rings. The fourth-order valence-corrected chi connectivity index (χ4v) is 4.89. The average Bonchev–Trinajstić information content (AvgIpc) is 3.11. The summed E-state index contributed by atoms with van der Waals surface area (Å²) in [5.41, 5.74) is 10.6. The van der Waals surface area contributed by atoms with Crippen molar-refractivity contribution in [3.8, 4) is 11.3 Å². The van der Waals surface area contributed by atoms with Crippen LogP contribution >= 0.6 is 0 Å². The highest BCUT2D eigenvalue weighted by atomic mass is 15.0. The summed E-state index contributed by atoms with van der Waals surface area (Å²) in [5, 5.41) is 1.32. The van der Waals surface area contributed by atoms with Crippen LogP contribution in [0.5, 0.6) is 0 Å². The maximum atomic E-state index is 2.36. The van der Waals surface area contributed by atoms with E-state index in [1.165, 1.54) is 50.0 Å². The van der Waals surface area contributed by atoms with Gasteiger partial charge in [-0.2, -0.15) is 0 Å². The molecule has 1 atom stereocenters. The first-order valence-corrected chi connectivity index (χ1v) is 10.9. The van der Waals surface area contributed by atoms with E-state index in [2.05, 4.69) is 129 Å². The van der Waals surface area contributed by atoms with Crippen molar-refractivity contribution < 1.29 is 0 Å². The van der Waals surface area contributed by atoms with Crippen LogP contribution in [-0.2, 0) is 7.05 Å². The fourth-order valence-electron chi connectivity index (χ4n) is 4.89. The lowest BCUT2D eigenvalue weighted by Crippen LogP contribution is -2.08. The molecular weight excluding hydrogens is 374 g/mol. The van der Waals surface area contributed by atoms with Crippen LogP contribution in [0.15, 0.2) is 103 Å². The van der Waals surface area contributed by atoms with Gasteiger partial charge in [0.25, 0.3) is 0 Å². The molecule has 0 amide bonds. The summed E-state index contributed by atoms with van der Waals surface area (Å²) < 4.78 is 2.36. The third-order valence-corrected chi connectivity index (χ3v) is 6.57. The number of aryl methyl sites for hydroxylation is 2. The van der Waals surface area contributed by atoms with Gasteiger partial charge in [0.1, 0.15) is 0 Å². The van der Waals surface area contributed by atoms with Gasteiger partial charge in [0.2, 0.25) is 0 Å². The quantitative estimate of drug-likeness (QED) is 0.291. The Morgan fingerprint density at radius 2 is 1.29 bits per heavy atom. The van der Waals surface area contributed by atoms with Gasteiger partial charge in [0, 0.05) is 23.9 Å². The Bertz CT molecular complexity index is 1340. The lowest BCUT2D eigenvalue weighted by atomic mass is 9.80. The fraction of sp³-hybridized carbons (Fsp3) is 0.133. The predicted molar refractivity (Wildman–Crippen MR) is 132 cm³/mol. The Labute approximate surface area is 184 Å². The van der Waals surface area contributed by atoms with E-state index in [0.29, 0.717) is 0 Å². The normalized spacial score (nSPS) is 12.2. The molecule has 1 aromatic heterocycles. The highest BCUT2D eigenvalue weighted by Crippen LogP contribution is 2.44. The molecule has 0 saturated carbocycles. The Balaban J connectivity index is 1.92. The standard InChI is InChI=1S/C30H27N/c1-21-13-12-19-25(22(21)2)28(23-14-6-4-7-15-23)29-26-18-10-11-20-27(26)31(3)30(29)24-16-8-5-9-17-24/h4-20,28H,1-3H3. The van der Waals surface area contributed by atoms with Gasteiger partial charge in [0.05, 0.1) is 5.69 Å². The van der Waals surface area contributed by atoms with Crippen molar-refractivity contribution >= 4 is 10.9 Å². The molecule has 5 rings (SSSR count). The number of hydrogen-bond acceptors (Lipinski definition) is 0. The van der Waals surface area contributed by atoms with Crippen molar-refractivity contribution in [3.63, 3.8) is 0 Å². The van der Waals surface area contributed by atoms with E-state index >= 15 is 0 Å². The number of aromatic nitrogens is 1. The van der Waals surface area contributed by atoms with Crippen LogP contribution in [0.2, 0.25) is 0 Å². The van der Waals surface area contributed by atoms with Crippen molar-refractivity contribution in [1.82, 2.24) is 4.57 Å². The maximum absolute atomic E-state index is 2.36. The number of hydrogen-bond donors (Lipinski definition) is 0. The topological polar surface area (TPSA) is 4.93 Å². The number of para-hydroxylation sites is 1. The van der Waals surface area contributed by atoms with E-state index in [4.69, 9.17) is 0 Å². The third-order valence-electron chi connectivity index (χ3n) is 6.57. The highest BCUT2D eigenvalue weighted by Gasteiger charge is 2.27. The van der Waals surface area contributed by atoms with Crippen LogP contribution in [0.1, 0.15) is 33.7 Å². The van der Waals surface area contributed by atoms with Gasteiger partial charge < -0.3 is 4.57 Å². The molecule has 0 bridgehead atoms. The molecule has 0 aliphatic rings. The van der Waals surface area contributed by atoms with E-state index < -0.39 is 0 Å². The minimum absolute atomic E-state index is 0.155. The zero-order valence-electron chi connectivity index (χ0n) is 18.3. The van der Waals surface area contributed by atoms with E-state index in [0.717, 1.165) is 0 Å². The van der Waals surface area contributed by atoms with Crippen LogP contribution in [0, 0.1) is 13.8 Å². The first-order valence-electron chi connectivity index (χ1n) is 10.9. The molecule has 0 radical (unpaired) electrons. The van der Waals surface area contributed by atoms with E-state index in [1.54, 1.807) is 0 Å². The predicted octanol–water partition coefficient (Wildman–Crippen LogP) is 7.64. The molecule has 0 fully saturated rings. The van der Waals surface area contributed by atoms with Crippen molar-refractivity contribution in [2.45, 2.75) is 19.8 Å². The van der Waals surface area contributed by atoms with Gasteiger partial charge in [0.15, 0.2) is 0 Å². The van der Waals surface area contributed by atoms with Crippen molar-refractivity contribution in [2.75, 3.05) is 0 Å². The minimum Gasteiger partial charge on any atom is -0.343 e. The molecule has 0 aliphatic heterocycles. The smallest absolute Gasteiger partial charge is 0.0530 e. The van der Waals surface area contributed by atoms with Crippen LogP contribution in [0.25, 0.3) is 22.2 Å². The van der Waals surface area contributed by atoms with Gasteiger partial charge in [-0.25, -0.2) is 0 Å². The molecule has 1 nitrogen and oxygen atoms in total. The molecular formula is C30H27N. The summed E-state index contributed by atoms with van der Waals surface area (Å²) >= 11 is 0. The summed E-state index contributed by atoms with van der Waals surface area (Å²) in [5.74, 6) is 0.155. The van der Waals surface area contributed by atoms with Crippen LogP contribution in [0.3, 0.4) is 0 Å². The summed E-state index contributed by atoms with van der Waals surface area (Å²) in [4.78, 5) is 0. The van der Waals surface area contributed by atoms with Gasteiger partial charge in [-0.15, -0.1) is 0 Å². The van der Waals surface area contributed by atoms with E-state index in [1.807, 2.05) is 0 Å². The second-order valence-corrected chi connectivity index (χ2v) is 8.34. The lowest BCUT2D eigenvalue weighted by Gasteiger charge is -2.23.